The highest BCUT2D eigenvalue weighted by Crippen LogP contribution is 2.51. The van der Waals surface area contributed by atoms with E-state index in [1.807, 2.05) is 0 Å². The van der Waals surface area contributed by atoms with Gasteiger partial charge in [0.1, 0.15) is 0 Å². The molecule has 0 N–H and O–H groups in total. The van der Waals surface area contributed by atoms with E-state index in [0.29, 0.717) is 12.0 Å². The maximum Gasteiger partial charge on any atom is 0.242 e. The van der Waals surface area contributed by atoms with Crippen molar-refractivity contribution in [3.8, 4) is 0 Å². The van der Waals surface area contributed by atoms with Crippen LogP contribution in [-0.4, -0.2) is 12.2 Å². The van der Waals surface area contributed by atoms with Crippen molar-refractivity contribution in [2.45, 2.75) is 25.7 Å². The molecule has 1 aliphatic carbocycles. The maximum absolute atomic E-state index is 12.4. The molecule has 2 rings (SSSR count). The average Bonchev–Trinajstić information content (AvgIpc) is 2.97. The summed E-state index contributed by atoms with van der Waals surface area (Å²) in [5.41, 5.74) is 1.38. The molecular formula is C12H12F2O. The van der Waals surface area contributed by atoms with Crippen LogP contribution in [0.15, 0.2) is 24.3 Å². The van der Waals surface area contributed by atoms with E-state index in [1.54, 1.807) is 24.3 Å². The van der Waals surface area contributed by atoms with Gasteiger partial charge in [-0.05, 0) is 24.8 Å². The number of carbonyl (C=O) groups is 1. The SMILES string of the molecule is CC(=O)c1ccccc1C1CC1C(F)F. The fourth-order valence-electron chi connectivity index (χ4n) is 1.99. The van der Waals surface area contributed by atoms with Crippen molar-refractivity contribution in [3.63, 3.8) is 0 Å². The molecule has 15 heavy (non-hydrogen) atoms. The lowest BCUT2D eigenvalue weighted by molar-refractivity contribution is 0.101. The van der Waals surface area contributed by atoms with Gasteiger partial charge in [-0.15, -0.1) is 0 Å². The lowest BCUT2D eigenvalue weighted by Crippen LogP contribution is -2.01. The number of hydrogen-bond donors (Lipinski definition) is 0. The Morgan fingerprint density at radius 2 is 2.07 bits per heavy atom. The van der Waals surface area contributed by atoms with E-state index in [-0.39, 0.29) is 11.7 Å². The summed E-state index contributed by atoms with van der Waals surface area (Å²) in [4.78, 5) is 11.3. The second kappa shape index (κ2) is 3.72. The Morgan fingerprint density at radius 1 is 1.40 bits per heavy atom. The summed E-state index contributed by atoms with van der Waals surface area (Å²) in [7, 11) is 0. The highest BCUT2D eigenvalue weighted by molar-refractivity contribution is 5.95. The minimum absolute atomic E-state index is 0.0504. The first-order chi connectivity index (χ1) is 7.11. The zero-order chi connectivity index (χ0) is 11.0. The molecule has 0 bridgehead atoms. The van der Waals surface area contributed by atoms with Crippen molar-refractivity contribution in [1.82, 2.24) is 0 Å². The van der Waals surface area contributed by atoms with Crippen LogP contribution in [0.25, 0.3) is 0 Å². The third-order valence-electron chi connectivity index (χ3n) is 2.90. The Morgan fingerprint density at radius 3 is 2.60 bits per heavy atom. The van der Waals surface area contributed by atoms with Crippen molar-refractivity contribution < 1.29 is 13.6 Å². The van der Waals surface area contributed by atoms with Gasteiger partial charge in [0.2, 0.25) is 6.43 Å². The summed E-state index contributed by atoms with van der Waals surface area (Å²) < 4.78 is 24.8. The smallest absolute Gasteiger partial charge is 0.242 e. The van der Waals surface area contributed by atoms with E-state index in [0.717, 1.165) is 5.56 Å². The second-order valence-electron chi connectivity index (χ2n) is 3.98. The normalized spacial score (nSPS) is 24.3. The first kappa shape index (κ1) is 10.3. The predicted octanol–water partition coefficient (Wildman–Crippen LogP) is 3.26. The quantitative estimate of drug-likeness (QED) is 0.700. The van der Waals surface area contributed by atoms with E-state index >= 15 is 0 Å². The minimum atomic E-state index is -2.27. The van der Waals surface area contributed by atoms with Crippen LogP contribution < -0.4 is 0 Å². The molecule has 0 spiro atoms. The van der Waals surface area contributed by atoms with E-state index < -0.39 is 12.3 Å². The van der Waals surface area contributed by atoms with Crippen LogP contribution in [0.3, 0.4) is 0 Å². The summed E-state index contributed by atoms with van der Waals surface area (Å²) >= 11 is 0. The minimum Gasteiger partial charge on any atom is -0.295 e. The number of alkyl halides is 2. The summed E-state index contributed by atoms with van der Waals surface area (Å²) in [5, 5.41) is 0. The van der Waals surface area contributed by atoms with Gasteiger partial charge >= 0.3 is 0 Å². The van der Waals surface area contributed by atoms with Gasteiger partial charge in [-0.25, -0.2) is 8.78 Å². The molecule has 0 saturated heterocycles. The van der Waals surface area contributed by atoms with Gasteiger partial charge in [-0.2, -0.15) is 0 Å². The molecule has 1 aromatic rings. The van der Waals surface area contributed by atoms with Crippen molar-refractivity contribution in [1.29, 1.82) is 0 Å². The lowest BCUT2D eigenvalue weighted by Gasteiger charge is -2.05. The van der Waals surface area contributed by atoms with Crippen LogP contribution in [0.2, 0.25) is 0 Å². The number of ketones is 1. The van der Waals surface area contributed by atoms with E-state index in [9.17, 15) is 13.6 Å². The molecule has 0 aliphatic heterocycles. The van der Waals surface area contributed by atoms with Crippen molar-refractivity contribution in [2.24, 2.45) is 5.92 Å². The lowest BCUT2D eigenvalue weighted by atomic mass is 9.99. The van der Waals surface area contributed by atoms with E-state index in [2.05, 4.69) is 0 Å². The monoisotopic (exact) mass is 210 g/mol. The molecule has 80 valence electrons. The van der Waals surface area contributed by atoms with Crippen molar-refractivity contribution >= 4 is 5.78 Å². The summed E-state index contributed by atoms with van der Waals surface area (Å²) in [5.74, 6) is -0.721. The zero-order valence-electron chi connectivity index (χ0n) is 8.41. The molecule has 0 amide bonds. The summed E-state index contributed by atoms with van der Waals surface area (Å²) in [6.45, 7) is 1.47. The van der Waals surface area contributed by atoms with Gasteiger partial charge in [0.25, 0.3) is 0 Å². The van der Waals surface area contributed by atoms with Gasteiger partial charge in [0.05, 0.1) is 0 Å². The Bertz CT molecular complexity index is 387. The van der Waals surface area contributed by atoms with Gasteiger partial charge in [0.15, 0.2) is 5.78 Å². The standard InChI is InChI=1S/C12H12F2O/c1-7(15)8-4-2-3-5-9(8)10-6-11(10)12(13)14/h2-5,10-12H,6H2,1H3. The van der Waals surface area contributed by atoms with Crippen LogP contribution in [0.5, 0.6) is 0 Å². The predicted molar refractivity (Wildman–Crippen MR) is 53.3 cm³/mol. The molecule has 2 atom stereocenters. The topological polar surface area (TPSA) is 17.1 Å². The number of Topliss-reactive ketones (excluding diaryl/α,β-unsaturated/α-hetero) is 1. The second-order valence-corrected chi connectivity index (χ2v) is 3.98. The van der Waals surface area contributed by atoms with E-state index in [4.69, 9.17) is 0 Å². The molecule has 1 nitrogen and oxygen atoms in total. The molecule has 1 aromatic carbocycles. The Labute approximate surface area is 87.1 Å². The van der Waals surface area contributed by atoms with Crippen molar-refractivity contribution in [3.05, 3.63) is 35.4 Å². The fourth-order valence-corrected chi connectivity index (χ4v) is 1.99. The summed E-state index contributed by atoms with van der Waals surface area (Å²) in [6, 6.07) is 7.05. The van der Waals surface area contributed by atoms with Gasteiger partial charge < -0.3 is 0 Å². The van der Waals surface area contributed by atoms with Crippen LogP contribution in [0.4, 0.5) is 8.78 Å². The number of carbonyl (C=O) groups excluding carboxylic acids is 1. The number of benzene rings is 1. The molecule has 3 heteroatoms. The molecule has 1 saturated carbocycles. The molecule has 1 aliphatic rings. The number of rotatable bonds is 3. The first-order valence-corrected chi connectivity index (χ1v) is 4.99. The Hall–Kier alpha value is -1.25. The van der Waals surface area contributed by atoms with Crippen LogP contribution in [0.1, 0.15) is 35.2 Å². The van der Waals surface area contributed by atoms with Gasteiger partial charge in [0, 0.05) is 11.5 Å². The van der Waals surface area contributed by atoms with Crippen LogP contribution >= 0.6 is 0 Å². The fraction of sp³-hybridized carbons (Fsp3) is 0.417. The van der Waals surface area contributed by atoms with Gasteiger partial charge in [-0.1, -0.05) is 24.3 Å². The number of hydrogen-bond acceptors (Lipinski definition) is 1. The third kappa shape index (κ3) is 1.91. The molecule has 2 unspecified atom stereocenters. The molecule has 0 aromatic heterocycles. The molecule has 0 heterocycles. The average molecular weight is 210 g/mol. The van der Waals surface area contributed by atoms with Crippen molar-refractivity contribution in [2.75, 3.05) is 0 Å². The maximum atomic E-state index is 12.4. The van der Waals surface area contributed by atoms with Gasteiger partial charge in [-0.3, -0.25) is 4.79 Å². The van der Waals surface area contributed by atoms with Crippen LogP contribution in [-0.2, 0) is 0 Å². The highest BCUT2D eigenvalue weighted by Gasteiger charge is 2.45. The summed E-state index contributed by atoms with van der Waals surface area (Å²) in [6.07, 6.45) is -1.77. The Kier molecular flexibility index (Phi) is 2.55. The molecule has 0 radical (unpaired) electrons. The molecular weight excluding hydrogens is 198 g/mol. The first-order valence-electron chi connectivity index (χ1n) is 4.99. The Balaban J connectivity index is 2.26. The van der Waals surface area contributed by atoms with E-state index in [1.165, 1.54) is 6.92 Å². The zero-order valence-corrected chi connectivity index (χ0v) is 8.41. The van der Waals surface area contributed by atoms with Crippen LogP contribution in [0, 0.1) is 5.92 Å². The highest BCUT2D eigenvalue weighted by atomic mass is 19.3. The third-order valence-corrected chi connectivity index (χ3v) is 2.90. The largest absolute Gasteiger partial charge is 0.295 e. The number of halogens is 2. The molecule has 1 fully saturated rings.